The average Bonchev–Trinajstić information content (AvgIpc) is 2.34. The summed E-state index contributed by atoms with van der Waals surface area (Å²) in [6.07, 6.45) is 1.41. The molecule has 0 saturated heterocycles. The molecule has 1 amide bonds. The smallest absolute Gasteiger partial charge is 0.226 e. The Morgan fingerprint density at radius 3 is 2.75 bits per heavy atom. The van der Waals surface area contributed by atoms with Crippen LogP contribution in [0.5, 0.6) is 5.88 Å². The number of amides is 1. The Balaban J connectivity index is 2.47. The van der Waals surface area contributed by atoms with Gasteiger partial charge in [0.1, 0.15) is 0 Å². The summed E-state index contributed by atoms with van der Waals surface area (Å²) in [7, 11) is 0. The van der Waals surface area contributed by atoms with Crippen LogP contribution in [0.3, 0.4) is 0 Å². The van der Waals surface area contributed by atoms with E-state index in [1.54, 1.807) is 6.07 Å². The molecule has 6 nitrogen and oxygen atoms in total. The van der Waals surface area contributed by atoms with E-state index in [-0.39, 0.29) is 12.0 Å². The van der Waals surface area contributed by atoms with E-state index in [4.69, 9.17) is 4.74 Å². The van der Waals surface area contributed by atoms with Gasteiger partial charge in [0.2, 0.25) is 17.7 Å². The minimum Gasteiger partial charge on any atom is -0.475 e. The first-order valence-corrected chi connectivity index (χ1v) is 7.04. The zero-order valence-corrected chi connectivity index (χ0v) is 12.7. The van der Waals surface area contributed by atoms with Gasteiger partial charge in [0.25, 0.3) is 0 Å². The van der Waals surface area contributed by atoms with Crippen molar-refractivity contribution < 1.29 is 9.53 Å². The molecule has 0 fully saturated rings. The topological polar surface area (TPSA) is 76.1 Å². The third kappa shape index (κ3) is 6.36. The summed E-state index contributed by atoms with van der Waals surface area (Å²) in [6, 6.07) is 1.79. The molecule has 0 aliphatic carbocycles. The number of aromatic nitrogens is 2. The lowest BCUT2D eigenvalue weighted by Crippen LogP contribution is -2.26. The van der Waals surface area contributed by atoms with E-state index < -0.39 is 0 Å². The zero-order valence-electron chi connectivity index (χ0n) is 12.7. The number of hydrogen-bond donors (Lipinski definition) is 2. The van der Waals surface area contributed by atoms with Gasteiger partial charge in [-0.15, -0.1) is 0 Å². The van der Waals surface area contributed by atoms with Gasteiger partial charge in [0, 0.05) is 31.3 Å². The summed E-state index contributed by atoms with van der Waals surface area (Å²) in [5.74, 6) is 1.07. The maximum atomic E-state index is 11.5. The highest BCUT2D eigenvalue weighted by atomic mass is 16.5. The number of carbonyl (C=O) groups is 1. The van der Waals surface area contributed by atoms with Crippen LogP contribution in [-0.4, -0.2) is 35.1 Å². The Morgan fingerprint density at radius 1 is 1.35 bits per heavy atom. The van der Waals surface area contributed by atoms with E-state index in [9.17, 15) is 4.79 Å². The van der Waals surface area contributed by atoms with Gasteiger partial charge in [-0.25, -0.2) is 4.98 Å². The number of nitrogens with zero attached hydrogens (tertiary/aromatic N) is 2. The molecule has 0 radical (unpaired) electrons. The fraction of sp³-hybridized carbons (Fsp3) is 0.643. The molecule has 0 spiro atoms. The maximum absolute atomic E-state index is 11.5. The summed E-state index contributed by atoms with van der Waals surface area (Å²) in [6.45, 7) is 9.01. The van der Waals surface area contributed by atoms with Crippen LogP contribution in [0, 0.1) is 6.92 Å². The Morgan fingerprint density at radius 2 is 2.10 bits per heavy atom. The normalized spacial score (nSPS) is 10.4. The predicted molar refractivity (Wildman–Crippen MR) is 78.9 cm³/mol. The lowest BCUT2D eigenvalue weighted by Gasteiger charge is -2.11. The molecular weight excluding hydrogens is 256 g/mol. The van der Waals surface area contributed by atoms with Gasteiger partial charge in [-0.2, -0.15) is 4.98 Å². The van der Waals surface area contributed by atoms with Gasteiger partial charge in [-0.05, 0) is 27.2 Å². The van der Waals surface area contributed by atoms with E-state index in [0.717, 1.165) is 12.1 Å². The van der Waals surface area contributed by atoms with Crippen molar-refractivity contribution in [2.24, 2.45) is 0 Å². The number of anilines is 1. The third-order valence-corrected chi connectivity index (χ3v) is 2.39. The number of ether oxygens (including phenoxy) is 1. The summed E-state index contributed by atoms with van der Waals surface area (Å²) >= 11 is 0. The summed E-state index contributed by atoms with van der Waals surface area (Å²) in [5.41, 5.74) is 0.827. The molecule has 0 aromatic carbocycles. The standard InChI is InChI=1S/C14H24N4O2/c1-5-7-15-12(19)6-8-16-14-17-11(4)9-13(18-14)20-10(2)3/h9-10H,5-8H2,1-4H3,(H,15,19)(H,16,17,18). The molecule has 0 atom stereocenters. The molecule has 0 bridgehead atoms. The van der Waals surface area contributed by atoms with E-state index in [1.807, 2.05) is 27.7 Å². The van der Waals surface area contributed by atoms with Gasteiger partial charge in [-0.1, -0.05) is 6.92 Å². The molecule has 0 aliphatic heterocycles. The molecule has 1 heterocycles. The minimum absolute atomic E-state index is 0.0330. The molecule has 6 heteroatoms. The van der Waals surface area contributed by atoms with Crippen LogP contribution in [-0.2, 0) is 4.79 Å². The molecule has 1 aromatic heterocycles. The molecule has 0 aliphatic rings. The Bertz CT molecular complexity index is 435. The highest BCUT2D eigenvalue weighted by Gasteiger charge is 2.06. The SMILES string of the molecule is CCCNC(=O)CCNc1nc(C)cc(OC(C)C)n1. The van der Waals surface area contributed by atoms with Crippen molar-refractivity contribution >= 4 is 11.9 Å². The van der Waals surface area contributed by atoms with Crippen molar-refractivity contribution in [3.05, 3.63) is 11.8 Å². The predicted octanol–water partition coefficient (Wildman–Crippen LogP) is 1.90. The van der Waals surface area contributed by atoms with Crippen LogP contribution in [0.2, 0.25) is 0 Å². The van der Waals surface area contributed by atoms with E-state index in [1.165, 1.54) is 0 Å². The Labute approximate surface area is 120 Å². The van der Waals surface area contributed by atoms with Crippen molar-refractivity contribution in [1.29, 1.82) is 0 Å². The second-order valence-corrected chi connectivity index (χ2v) is 4.86. The fourth-order valence-corrected chi connectivity index (χ4v) is 1.56. The van der Waals surface area contributed by atoms with Gasteiger partial charge in [0.15, 0.2) is 0 Å². The molecule has 1 rings (SSSR count). The van der Waals surface area contributed by atoms with Crippen LogP contribution in [0.15, 0.2) is 6.07 Å². The Kier molecular flexibility index (Phi) is 6.76. The highest BCUT2D eigenvalue weighted by molar-refractivity contribution is 5.76. The van der Waals surface area contributed by atoms with Gasteiger partial charge in [0.05, 0.1) is 6.10 Å². The van der Waals surface area contributed by atoms with Crippen molar-refractivity contribution in [2.45, 2.75) is 46.6 Å². The molecule has 0 unspecified atom stereocenters. The third-order valence-electron chi connectivity index (χ3n) is 2.39. The lowest BCUT2D eigenvalue weighted by molar-refractivity contribution is -0.120. The van der Waals surface area contributed by atoms with Gasteiger partial charge < -0.3 is 15.4 Å². The number of hydrogen-bond acceptors (Lipinski definition) is 5. The molecular formula is C14H24N4O2. The number of carbonyl (C=O) groups excluding carboxylic acids is 1. The molecule has 112 valence electrons. The number of rotatable bonds is 8. The maximum Gasteiger partial charge on any atom is 0.226 e. The molecule has 0 saturated carbocycles. The van der Waals surface area contributed by atoms with Crippen LogP contribution in [0.1, 0.15) is 39.3 Å². The fourth-order valence-electron chi connectivity index (χ4n) is 1.56. The summed E-state index contributed by atoms with van der Waals surface area (Å²) in [5, 5.41) is 5.87. The molecule has 20 heavy (non-hydrogen) atoms. The quantitative estimate of drug-likeness (QED) is 0.760. The second kappa shape index (κ2) is 8.35. The van der Waals surface area contributed by atoms with Crippen molar-refractivity contribution in [1.82, 2.24) is 15.3 Å². The lowest BCUT2D eigenvalue weighted by atomic mass is 10.3. The number of nitrogens with one attached hydrogen (secondary N) is 2. The van der Waals surface area contributed by atoms with Crippen molar-refractivity contribution in [3.63, 3.8) is 0 Å². The van der Waals surface area contributed by atoms with E-state index in [0.29, 0.717) is 31.3 Å². The summed E-state index contributed by atoms with van der Waals surface area (Å²) in [4.78, 5) is 20.0. The minimum atomic E-state index is 0.0330. The van der Waals surface area contributed by atoms with Gasteiger partial charge >= 0.3 is 0 Å². The average molecular weight is 280 g/mol. The first-order valence-electron chi connectivity index (χ1n) is 7.04. The van der Waals surface area contributed by atoms with Crippen molar-refractivity contribution in [2.75, 3.05) is 18.4 Å². The number of aryl methyl sites for hydroxylation is 1. The second-order valence-electron chi connectivity index (χ2n) is 4.86. The van der Waals surface area contributed by atoms with Gasteiger partial charge in [-0.3, -0.25) is 4.79 Å². The van der Waals surface area contributed by atoms with E-state index >= 15 is 0 Å². The van der Waals surface area contributed by atoms with Crippen LogP contribution in [0.4, 0.5) is 5.95 Å². The van der Waals surface area contributed by atoms with Crippen LogP contribution < -0.4 is 15.4 Å². The largest absolute Gasteiger partial charge is 0.475 e. The molecule has 2 N–H and O–H groups in total. The van der Waals surface area contributed by atoms with Crippen molar-refractivity contribution in [3.8, 4) is 5.88 Å². The monoisotopic (exact) mass is 280 g/mol. The van der Waals surface area contributed by atoms with Crippen LogP contribution in [0.25, 0.3) is 0 Å². The first kappa shape index (κ1) is 16.2. The summed E-state index contributed by atoms with van der Waals surface area (Å²) < 4.78 is 5.55. The zero-order chi connectivity index (χ0) is 15.0. The first-order chi connectivity index (χ1) is 9.51. The Hall–Kier alpha value is -1.85. The van der Waals surface area contributed by atoms with E-state index in [2.05, 4.69) is 20.6 Å². The molecule has 1 aromatic rings. The van der Waals surface area contributed by atoms with Crippen LogP contribution >= 0.6 is 0 Å². The highest BCUT2D eigenvalue weighted by Crippen LogP contribution is 2.13.